The lowest BCUT2D eigenvalue weighted by atomic mass is 9.96. The van der Waals surface area contributed by atoms with Crippen LogP contribution < -0.4 is 10.6 Å². The zero-order valence-corrected chi connectivity index (χ0v) is 14.0. The van der Waals surface area contributed by atoms with E-state index in [-0.39, 0.29) is 5.91 Å². The molecule has 1 aliphatic rings. The molecule has 8 heteroatoms. The van der Waals surface area contributed by atoms with Crippen molar-refractivity contribution in [3.63, 3.8) is 0 Å². The molecule has 6 nitrogen and oxygen atoms in total. The number of aromatic amines is 1. The van der Waals surface area contributed by atoms with Crippen LogP contribution >= 0.6 is 23.2 Å². The number of pyridine rings is 1. The van der Waals surface area contributed by atoms with Gasteiger partial charge in [-0.1, -0.05) is 23.2 Å². The molecular weight excluding hydrogens is 337 g/mol. The van der Waals surface area contributed by atoms with E-state index in [0.717, 1.165) is 36.9 Å². The maximum Gasteiger partial charge on any atom is 0.272 e. The number of carbonyl (C=O) groups is 1. The Bertz CT molecular complexity index is 716. The molecule has 0 saturated heterocycles. The Morgan fingerprint density at radius 2 is 2.09 bits per heavy atom. The summed E-state index contributed by atoms with van der Waals surface area (Å²) in [4.78, 5) is 16.3. The van der Waals surface area contributed by atoms with E-state index in [2.05, 4.69) is 25.8 Å². The van der Waals surface area contributed by atoms with Gasteiger partial charge >= 0.3 is 0 Å². The standard InChI is InChI=1S/C15H17Cl2N5O/c16-9-7-11(17)14(20-8-9)18-5-6-19-15(23)13-10-3-1-2-4-12(10)21-22-13/h7-8H,1-6H2,(H,18,20)(H,19,23)(H,21,22). The fourth-order valence-corrected chi connectivity index (χ4v) is 3.10. The molecule has 0 bridgehead atoms. The third-order valence-electron chi connectivity index (χ3n) is 3.78. The lowest BCUT2D eigenvalue weighted by Gasteiger charge is -2.11. The van der Waals surface area contributed by atoms with Crippen LogP contribution in [0.3, 0.4) is 0 Å². The Hall–Kier alpha value is -1.79. The van der Waals surface area contributed by atoms with Crippen LogP contribution in [0.4, 0.5) is 5.82 Å². The van der Waals surface area contributed by atoms with Gasteiger partial charge in [-0.3, -0.25) is 9.89 Å². The molecule has 0 atom stereocenters. The summed E-state index contributed by atoms with van der Waals surface area (Å²) < 4.78 is 0. The topological polar surface area (TPSA) is 82.7 Å². The molecule has 2 aromatic heterocycles. The number of fused-ring (bicyclic) bond motifs is 1. The van der Waals surface area contributed by atoms with E-state index < -0.39 is 0 Å². The minimum absolute atomic E-state index is 0.152. The third kappa shape index (κ3) is 3.76. The van der Waals surface area contributed by atoms with Gasteiger partial charge in [0.2, 0.25) is 0 Å². The molecule has 1 amide bonds. The first-order valence-corrected chi connectivity index (χ1v) is 8.30. The van der Waals surface area contributed by atoms with Crippen LogP contribution in [0, 0.1) is 0 Å². The first-order valence-electron chi connectivity index (χ1n) is 7.54. The SMILES string of the molecule is O=C(NCCNc1ncc(Cl)cc1Cl)c1n[nH]c2c1CCCC2. The summed E-state index contributed by atoms with van der Waals surface area (Å²) in [6, 6.07) is 1.62. The van der Waals surface area contributed by atoms with Crippen molar-refractivity contribution in [3.05, 3.63) is 39.3 Å². The van der Waals surface area contributed by atoms with Gasteiger partial charge < -0.3 is 10.6 Å². The summed E-state index contributed by atoms with van der Waals surface area (Å²) in [7, 11) is 0. The average Bonchev–Trinajstić information content (AvgIpc) is 2.97. The Morgan fingerprint density at radius 1 is 1.26 bits per heavy atom. The number of halogens is 2. The Balaban J connectivity index is 1.51. The molecule has 122 valence electrons. The van der Waals surface area contributed by atoms with Crippen LogP contribution in [0.2, 0.25) is 10.0 Å². The van der Waals surface area contributed by atoms with Crippen molar-refractivity contribution in [2.24, 2.45) is 0 Å². The number of rotatable bonds is 5. The minimum atomic E-state index is -0.152. The number of aromatic nitrogens is 3. The Morgan fingerprint density at radius 3 is 2.91 bits per heavy atom. The van der Waals surface area contributed by atoms with Crippen molar-refractivity contribution >= 4 is 34.9 Å². The first-order chi connectivity index (χ1) is 11.1. The van der Waals surface area contributed by atoms with Gasteiger partial charge in [-0.15, -0.1) is 0 Å². The van der Waals surface area contributed by atoms with Crippen LogP contribution in [0.5, 0.6) is 0 Å². The van der Waals surface area contributed by atoms with Crippen LogP contribution in [0.25, 0.3) is 0 Å². The lowest BCUT2D eigenvalue weighted by Crippen LogP contribution is -2.30. The monoisotopic (exact) mass is 353 g/mol. The van der Waals surface area contributed by atoms with Crippen LogP contribution in [0.15, 0.2) is 12.3 Å². The van der Waals surface area contributed by atoms with Crippen molar-refractivity contribution < 1.29 is 4.79 Å². The van der Waals surface area contributed by atoms with Crippen LogP contribution in [0.1, 0.15) is 34.6 Å². The summed E-state index contributed by atoms with van der Waals surface area (Å²) in [5.41, 5.74) is 2.67. The van der Waals surface area contributed by atoms with E-state index in [9.17, 15) is 4.79 Å². The van der Waals surface area contributed by atoms with Gasteiger partial charge in [-0.25, -0.2) is 4.98 Å². The minimum Gasteiger partial charge on any atom is -0.367 e. The average molecular weight is 354 g/mol. The quantitative estimate of drug-likeness (QED) is 0.721. The van der Waals surface area contributed by atoms with E-state index in [1.54, 1.807) is 6.07 Å². The maximum atomic E-state index is 12.2. The molecule has 23 heavy (non-hydrogen) atoms. The first kappa shape index (κ1) is 16.1. The van der Waals surface area contributed by atoms with Crippen molar-refractivity contribution in [2.45, 2.75) is 25.7 Å². The predicted molar refractivity (Wildman–Crippen MR) is 90.3 cm³/mol. The molecule has 0 radical (unpaired) electrons. The zero-order valence-electron chi connectivity index (χ0n) is 12.5. The van der Waals surface area contributed by atoms with Gasteiger partial charge in [-0.05, 0) is 31.7 Å². The molecule has 0 unspecified atom stereocenters. The molecule has 0 aromatic carbocycles. The van der Waals surface area contributed by atoms with Gasteiger partial charge in [0, 0.05) is 30.5 Å². The fourth-order valence-electron chi connectivity index (χ4n) is 2.65. The predicted octanol–water partition coefficient (Wildman–Crippen LogP) is 2.83. The highest BCUT2D eigenvalue weighted by Gasteiger charge is 2.21. The third-order valence-corrected chi connectivity index (χ3v) is 4.28. The largest absolute Gasteiger partial charge is 0.367 e. The van der Waals surface area contributed by atoms with Crippen molar-refractivity contribution in [1.29, 1.82) is 0 Å². The van der Waals surface area contributed by atoms with Crippen molar-refractivity contribution in [1.82, 2.24) is 20.5 Å². The highest BCUT2D eigenvalue weighted by atomic mass is 35.5. The summed E-state index contributed by atoms with van der Waals surface area (Å²) in [5, 5.41) is 14.0. The van der Waals surface area contributed by atoms with Gasteiger partial charge in [0.1, 0.15) is 5.82 Å². The van der Waals surface area contributed by atoms with E-state index in [1.807, 2.05) is 0 Å². The van der Waals surface area contributed by atoms with Gasteiger partial charge in [-0.2, -0.15) is 5.10 Å². The van der Waals surface area contributed by atoms with Gasteiger partial charge in [0.25, 0.3) is 5.91 Å². The molecule has 0 fully saturated rings. The number of hydrogen-bond donors (Lipinski definition) is 3. The van der Waals surface area contributed by atoms with Crippen molar-refractivity contribution in [2.75, 3.05) is 18.4 Å². The van der Waals surface area contributed by atoms with Gasteiger partial charge in [0.05, 0.1) is 10.0 Å². The number of hydrogen-bond acceptors (Lipinski definition) is 4. The molecule has 3 N–H and O–H groups in total. The molecule has 2 heterocycles. The summed E-state index contributed by atoms with van der Waals surface area (Å²) >= 11 is 11.8. The Kier molecular flexibility index (Phi) is 5.03. The van der Waals surface area contributed by atoms with Gasteiger partial charge in [0.15, 0.2) is 5.69 Å². The maximum absolute atomic E-state index is 12.2. The Labute approximate surface area is 144 Å². The highest BCUT2D eigenvalue weighted by molar-refractivity contribution is 6.35. The molecule has 0 spiro atoms. The molecule has 3 rings (SSSR count). The lowest BCUT2D eigenvalue weighted by molar-refractivity contribution is 0.0949. The molecule has 1 aliphatic carbocycles. The summed E-state index contributed by atoms with van der Waals surface area (Å²) in [6.45, 7) is 0.952. The number of aryl methyl sites for hydroxylation is 1. The second-order valence-corrected chi connectivity index (χ2v) is 6.25. The summed E-state index contributed by atoms with van der Waals surface area (Å²) in [6.07, 6.45) is 5.66. The van der Waals surface area contributed by atoms with Crippen LogP contribution in [-0.2, 0) is 12.8 Å². The highest BCUT2D eigenvalue weighted by Crippen LogP contribution is 2.23. The molecule has 0 saturated carbocycles. The van der Waals surface area contributed by atoms with E-state index >= 15 is 0 Å². The van der Waals surface area contributed by atoms with E-state index in [0.29, 0.717) is 34.6 Å². The van der Waals surface area contributed by atoms with Crippen LogP contribution in [-0.4, -0.2) is 34.2 Å². The van der Waals surface area contributed by atoms with Crippen molar-refractivity contribution in [3.8, 4) is 0 Å². The second kappa shape index (κ2) is 7.19. The van der Waals surface area contributed by atoms with E-state index in [1.165, 1.54) is 6.20 Å². The number of amides is 1. The number of carbonyl (C=O) groups excluding carboxylic acids is 1. The summed E-state index contributed by atoms with van der Waals surface area (Å²) in [5.74, 6) is 0.392. The normalized spacial score (nSPS) is 13.5. The second-order valence-electron chi connectivity index (χ2n) is 5.40. The number of nitrogens with zero attached hydrogens (tertiary/aromatic N) is 2. The molecule has 2 aromatic rings. The smallest absolute Gasteiger partial charge is 0.272 e. The number of nitrogens with one attached hydrogen (secondary N) is 3. The zero-order chi connectivity index (χ0) is 16.2. The fraction of sp³-hybridized carbons (Fsp3) is 0.400. The van der Waals surface area contributed by atoms with E-state index in [4.69, 9.17) is 23.2 Å². The molecule has 0 aliphatic heterocycles. The molecular formula is C15H17Cl2N5O. The number of anilines is 1. The number of H-pyrrole nitrogens is 1.